The van der Waals surface area contributed by atoms with Crippen LogP contribution in [0.1, 0.15) is 33.3 Å². The van der Waals surface area contributed by atoms with E-state index in [0.717, 1.165) is 18.7 Å². The molecule has 3 aromatic rings. The van der Waals surface area contributed by atoms with Crippen LogP contribution in [-0.2, 0) is 6.42 Å². The lowest BCUT2D eigenvalue weighted by Crippen LogP contribution is -2.14. The first-order valence-electron chi connectivity index (χ1n) is 8.78. The highest BCUT2D eigenvalue weighted by atomic mass is 16.2. The van der Waals surface area contributed by atoms with Crippen LogP contribution in [-0.4, -0.2) is 23.2 Å². The molecule has 0 aliphatic rings. The van der Waals surface area contributed by atoms with E-state index in [9.17, 15) is 9.59 Å². The van der Waals surface area contributed by atoms with E-state index in [1.165, 1.54) is 12.5 Å². The predicted octanol–water partition coefficient (Wildman–Crippen LogP) is 4.19. The number of anilines is 2. The highest BCUT2D eigenvalue weighted by molar-refractivity contribution is 6.03. The number of hydrogen-bond acceptors (Lipinski definition) is 4. The maximum absolute atomic E-state index is 12.4. The molecular weight excluding hydrogens is 338 g/mol. The number of Topliss-reactive ketones (excluding diaryl/α,β-unsaturated/α-hetero) is 1. The summed E-state index contributed by atoms with van der Waals surface area (Å²) in [6.45, 7) is 2.27. The Bertz CT molecular complexity index is 922. The van der Waals surface area contributed by atoms with E-state index in [1.54, 1.807) is 36.5 Å². The molecule has 0 saturated carbocycles. The molecule has 0 aliphatic carbocycles. The minimum absolute atomic E-state index is 0.0104. The summed E-state index contributed by atoms with van der Waals surface area (Å²) in [5, 5.41) is 6.11. The van der Waals surface area contributed by atoms with Gasteiger partial charge in [0.2, 0.25) is 0 Å². The summed E-state index contributed by atoms with van der Waals surface area (Å²) in [5.74, 6) is -0.305. The molecule has 2 N–H and O–H groups in total. The van der Waals surface area contributed by atoms with Gasteiger partial charge in [0.25, 0.3) is 5.91 Å². The second-order valence-corrected chi connectivity index (χ2v) is 6.18. The zero-order chi connectivity index (χ0) is 19.1. The predicted molar refractivity (Wildman–Crippen MR) is 107 cm³/mol. The Morgan fingerprint density at radius 2 is 1.67 bits per heavy atom. The second kappa shape index (κ2) is 8.76. The summed E-state index contributed by atoms with van der Waals surface area (Å²) in [6.07, 6.45) is 2.51. The number of rotatable bonds is 7. The van der Waals surface area contributed by atoms with Gasteiger partial charge in [-0.05, 0) is 55.3 Å². The summed E-state index contributed by atoms with van der Waals surface area (Å²) in [7, 11) is 0. The lowest BCUT2D eigenvalue weighted by molar-refractivity contribution is 0.101. The van der Waals surface area contributed by atoms with Crippen molar-refractivity contribution in [3.63, 3.8) is 0 Å². The molecule has 0 bridgehead atoms. The minimum atomic E-state index is -0.294. The maximum Gasteiger partial charge on any atom is 0.274 e. The van der Waals surface area contributed by atoms with Crippen LogP contribution in [0.4, 0.5) is 11.4 Å². The fourth-order valence-electron chi connectivity index (χ4n) is 2.64. The number of carbonyl (C=O) groups excluding carboxylic acids is 2. The molecule has 5 nitrogen and oxygen atoms in total. The Morgan fingerprint density at radius 1 is 0.926 bits per heavy atom. The largest absolute Gasteiger partial charge is 0.385 e. The molecule has 2 aromatic carbocycles. The highest BCUT2D eigenvalue weighted by Crippen LogP contribution is 2.13. The molecule has 1 heterocycles. The Labute approximate surface area is 158 Å². The summed E-state index contributed by atoms with van der Waals surface area (Å²) in [4.78, 5) is 27.9. The van der Waals surface area contributed by atoms with Gasteiger partial charge in [-0.3, -0.25) is 14.6 Å². The fraction of sp³-hybridized carbons (Fsp3) is 0.136. The van der Waals surface area contributed by atoms with Gasteiger partial charge in [0, 0.05) is 29.7 Å². The van der Waals surface area contributed by atoms with Gasteiger partial charge in [-0.2, -0.15) is 0 Å². The topological polar surface area (TPSA) is 71.1 Å². The Kier molecular flexibility index (Phi) is 5.94. The number of aromatic nitrogens is 1. The van der Waals surface area contributed by atoms with Crippen LogP contribution in [0.15, 0.2) is 72.9 Å². The monoisotopic (exact) mass is 359 g/mol. The van der Waals surface area contributed by atoms with Gasteiger partial charge in [0.05, 0.1) is 0 Å². The SMILES string of the molecule is CC(=O)c1ccc(NC(=O)c2cc(NCCc3ccccc3)ccn2)cc1. The molecule has 1 amide bonds. The van der Waals surface area contributed by atoms with Crippen LogP contribution in [0, 0.1) is 0 Å². The molecule has 0 aliphatic heterocycles. The molecule has 0 unspecified atom stereocenters. The van der Waals surface area contributed by atoms with Gasteiger partial charge in [0.1, 0.15) is 5.69 Å². The zero-order valence-corrected chi connectivity index (χ0v) is 15.1. The van der Waals surface area contributed by atoms with Crippen molar-refractivity contribution in [2.75, 3.05) is 17.2 Å². The van der Waals surface area contributed by atoms with Gasteiger partial charge >= 0.3 is 0 Å². The number of amides is 1. The maximum atomic E-state index is 12.4. The average molecular weight is 359 g/mol. The lowest BCUT2D eigenvalue weighted by atomic mass is 10.1. The molecule has 0 spiro atoms. The number of benzene rings is 2. The van der Waals surface area contributed by atoms with Gasteiger partial charge in [-0.15, -0.1) is 0 Å². The molecule has 5 heteroatoms. The van der Waals surface area contributed by atoms with Gasteiger partial charge < -0.3 is 10.6 Å². The van der Waals surface area contributed by atoms with E-state index >= 15 is 0 Å². The van der Waals surface area contributed by atoms with E-state index < -0.39 is 0 Å². The lowest BCUT2D eigenvalue weighted by Gasteiger charge is -2.09. The first-order valence-corrected chi connectivity index (χ1v) is 8.78. The first-order chi connectivity index (χ1) is 13.1. The molecule has 0 radical (unpaired) electrons. The number of nitrogens with zero attached hydrogens (tertiary/aromatic N) is 1. The fourth-order valence-corrected chi connectivity index (χ4v) is 2.64. The quantitative estimate of drug-likeness (QED) is 0.621. The number of nitrogens with one attached hydrogen (secondary N) is 2. The van der Waals surface area contributed by atoms with Crippen molar-refractivity contribution >= 4 is 23.1 Å². The summed E-state index contributed by atoms with van der Waals surface area (Å²) >= 11 is 0. The van der Waals surface area contributed by atoms with Crippen molar-refractivity contribution < 1.29 is 9.59 Å². The molecule has 1 aromatic heterocycles. The van der Waals surface area contributed by atoms with E-state index in [2.05, 4.69) is 27.8 Å². The number of ketones is 1. The van der Waals surface area contributed by atoms with Crippen LogP contribution in [0.5, 0.6) is 0 Å². The van der Waals surface area contributed by atoms with Crippen LogP contribution in [0.3, 0.4) is 0 Å². The molecule has 0 fully saturated rings. The summed E-state index contributed by atoms with van der Waals surface area (Å²) in [5.41, 5.74) is 3.66. The molecule has 0 saturated heterocycles. The molecule has 3 rings (SSSR count). The molecular formula is C22H21N3O2. The van der Waals surface area contributed by atoms with Crippen molar-refractivity contribution in [3.05, 3.63) is 89.7 Å². The standard InChI is InChI=1S/C22H21N3O2/c1-16(26)18-7-9-19(10-8-18)25-22(27)21-15-20(12-14-24-21)23-13-11-17-5-3-2-4-6-17/h2-10,12,14-15H,11,13H2,1H3,(H,23,24)(H,25,27). The second-order valence-electron chi connectivity index (χ2n) is 6.18. The van der Waals surface area contributed by atoms with Crippen molar-refractivity contribution in [3.8, 4) is 0 Å². The molecule has 27 heavy (non-hydrogen) atoms. The van der Waals surface area contributed by atoms with Crippen molar-refractivity contribution in [2.45, 2.75) is 13.3 Å². The Morgan fingerprint density at radius 3 is 2.37 bits per heavy atom. The van der Waals surface area contributed by atoms with Crippen molar-refractivity contribution in [2.24, 2.45) is 0 Å². The Hall–Kier alpha value is -3.47. The Balaban J connectivity index is 1.58. The third-order valence-corrected chi connectivity index (χ3v) is 4.13. The first kappa shape index (κ1) is 18.3. The van der Waals surface area contributed by atoms with Crippen LogP contribution in [0.2, 0.25) is 0 Å². The average Bonchev–Trinajstić information content (AvgIpc) is 2.69. The number of hydrogen-bond donors (Lipinski definition) is 2. The third kappa shape index (κ3) is 5.25. The minimum Gasteiger partial charge on any atom is -0.385 e. The summed E-state index contributed by atoms with van der Waals surface area (Å²) < 4.78 is 0. The van der Waals surface area contributed by atoms with Crippen LogP contribution in [0.25, 0.3) is 0 Å². The van der Waals surface area contributed by atoms with Gasteiger partial charge in [-0.25, -0.2) is 0 Å². The van der Waals surface area contributed by atoms with E-state index in [0.29, 0.717) is 16.9 Å². The zero-order valence-electron chi connectivity index (χ0n) is 15.1. The van der Waals surface area contributed by atoms with Crippen molar-refractivity contribution in [1.29, 1.82) is 0 Å². The third-order valence-electron chi connectivity index (χ3n) is 4.13. The van der Waals surface area contributed by atoms with E-state index in [1.807, 2.05) is 24.3 Å². The summed E-state index contributed by atoms with van der Waals surface area (Å²) in [6, 6.07) is 20.6. The van der Waals surface area contributed by atoms with Gasteiger partial charge in [0.15, 0.2) is 5.78 Å². The van der Waals surface area contributed by atoms with Crippen molar-refractivity contribution in [1.82, 2.24) is 4.98 Å². The van der Waals surface area contributed by atoms with E-state index in [-0.39, 0.29) is 11.7 Å². The normalized spacial score (nSPS) is 10.3. The molecule has 136 valence electrons. The smallest absolute Gasteiger partial charge is 0.274 e. The van der Waals surface area contributed by atoms with Gasteiger partial charge in [-0.1, -0.05) is 30.3 Å². The number of pyridine rings is 1. The number of carbonyl (C=O) groups is 2. The molecule has 0 atom stereocenters. The highest BCUT2D eigenvalue weighted by Gasteiger charge is 2.09. The van der Waals surface area contributed by atoms with E-state index in [4.69, 9.17) is 0 Å². The van der Waals surface area contributed by atoms with Crippen LogP contribution < -0.4 is 10.6 Å². The van der Waals surface area contributed by atoms with Crippen LogP contribution >= 0.6 is 0 Å².